The first-order valence-corrected chi connectivity index (χ1v) is 6.39. The molecule has 1 amide bonds. The fraction of sp³-hybridized carbons (Fsp3) is 0.500. The number of carbonyl (C=O) groups excluding carboxylic acids is 1. The number of hydrogen-bond donors (Lipinski definition) is 2. The lowest BCUT2D eigenvalue weighted by Gasteiger charge is -2.19. The first-order chi connectivity index (χ1) is 9.11. The molecule has 1 aromatic rings. The molecule has 1 aliphatic heterocycles. The SMILES string of the molecule is COc1cccc([C@H](C)NC(=O)C2COCC2N)c1. The zero-order valence-electron chi connectivity index (χ0n) is 11.3. The van der Waals surface area contributed by atoms with Gasteiger partial charge in [0, 0.05) is 6.04 Å². The molecule has 1 saturated heterocycles. The van der Waals surface area contributed by atoms with Crippen molar-refractivity contribution in [1.29, 1.82) is 0 Å². The molecule has 5 nitrogen and oxygen atoms in total. The van der Waals surface area contributed by atoms with Crippen LogP contribution in [0.25, 0.3) is 0 Å². The number of rotatable bonds is 4. The molecule has 5 heteroatoms. The molecule has 19 heavy (non-hydrogen) atoms. The summed E-state index contributed by atoms with van der Waals surface area (Å²) < 4.78 is 10.4. The second-order valence-electron chi connectivity index (χ2n) is 4.81. The van der Waals surface area contributed by atoms with Crippen molar-refractivity contribution in [3.63, 3.8) is 0 Å². The highest BCUT2D eigenvalue weighted by Gasteiger charge is 2.31. The molecule has 0 aliphatic carbocycles. The summed E-state index contributed by atoms with van der Waals surface area (Å²) in [4.78, 5) is 12.1. The quantitative estimate of drug-likeness (QED) is 0.845. The Bertz CT molecular complexity index is 450. The Morgan fingerprint density at radius 2 is 2.32 bits per heavy atom. The summed E-state index contributed by atoms with van der Waals surface area (Å²) in [6.07, 6.45) is 0. The van der Waals surface area contributed by atoms with Crippen LogP contribution in [-0.2, 0) is 9.53 Å². The van der Waals surface area contributed by atoms with Gasteiger partial charge in [0.05, 0.1) is 32.3 Å². The number of nitrogens with one attached hydrogen (secondary N) is 1. The van der Waals surface area contributed by atoms with Gasteiger partial charge in [-0.25, -0.2) is 0 Å². The standard InChI is InChI=1S/C14H20N2O3/c1-9(10-4-3-5-11(6-10)18-2)16-14(17)12-7-19-8-13(12)15/h3-6,9,12-13H,7-8,15H2,1-2H3,(H,16,17)/t9-,12?,13?/m0/s1. The van der Waals surface area contributed by atoms with E-state index in [2.05, 4.69) is 5.32 Å². The number of methoxy groups -OCH3 is 1. The zero-order chi connectivity index (χ0) is 13.8. The minimum atomic E-state index is -0.256. The second kappa shape index (κ2) is 6.04. The third kappa shape index (κ3) is 3.24. The van der Waals surface area contributed by atoms with Gasteiger partial charge < -0.3 is 20.5 Å². The second-order valence-corrected chi connectivity index (χ2v) is 4.81. The van der Waals surface area contributed by atoms with E-state index in [0.29, 0.717) is 13.2 Å². The van der Waals surface area contributed by atoms with Crippen LogP contribution >= 0.6 is 0 Å². The molecule has 2 rings (SSSR count). The lowest BCUT2D eigenvalue weighted by Crippen LogP contribution is -2.41. The van der Waals surface area contributed by atoms with Gasteiger partial charge in [-0.15, -0.1) is 0 Å². The summed E-state index contributed by atoms with van der Waals surface area (Å²) in [6, 6.07) is 7.35. The summed E-state index contributed by atoms with van der Waals surface area (Å²) in [5.74, 6) is 0.466. The van der Waals surface area contributed by atoms with E-state index in [1.54, 1.807) is 7.11 Å². The fourth-order valence-electron chi connectivity index (χ4n) is 2.16. The number of hydrogen-bond acceptors (Lipinski definition) is 4. The first-order valence-electron chi connectivity index (χ1n) is 6.39. The van der Waals surface area contributed by atoms with Crippen molar-refractivity contribution in [2.45, 2.75) is 19.0 Å². The Kier molecular flexibility index (Phi) is 4.39. The van der Waals surface area contributed by atoms with E-state index in [9.17, 15) is 4.79 Å². The topological polar surface area (TPSA) is 73.6 Å². The van der Waals surface area contributed by atoms with Crippen molar-refractivity contribution in [2.24, 2.45) is 11.7 Å². The van der Waals surface area contributed by atoms with Gasteiger partial charge in [0.25, 0.3) is 0 Å². The minimum absolute atomic E-state index is 0.0553. The maximum Gasteiger partial charge on any atom is 0.227 e. The Morgan fingerprint density at radius 1 is 1.53 bits per heavy atom. The third-order valence-electron chi connectivity index (χ3n) is 3.41. The Labute approximate surface area is 113 Å². The van der Waals surface area contributed by atoms with Crippen LogP contribution in [-0.4, -0.2) is 32.3 Å². The Morgan fingerprint density at radius 3 is 2.95 bits per heavy atom. The molecule has 0 radical (unpaired) electrons. The van der Waals surface area contributed by atoms with E-state index < -0.39 is 0 Å². The van der Waals surface area contributed by atoms with Gasteiger partial charge in [-0.2, -0.15) is 0 Å². The average Bonchev–Trinajstić information content (AvgIpc) is 2.85. The highest BCUT2D eigenvalue weighted by Crippen LogP contribution is 2.20. The lowest BCUT2D eigenvalue weighted by atomic mass is 10.0. The van der Waals surface area contributed by atoms with Crippen LogP contribution in [0.1, 0.15) is 18.5 Å². The summed E-state index contributed by atoms with van der Waals surface area (Å²) in [7, 11) is 1.62. The maximum absolute atomic E-state index is 12.1. The van der Waals surface area contributed by atoms with E-state index in [4.69, 9.17) is 15.2 Å². The smallest absolute Gasteiger partial charge is 0.227 e. The van der Waals surface area contributed by atoms with E-state index in [1.165, 1.54) is 0 Å². The Balaban J connectivity index is 1.99. The molecule has 0 aromatic heterocycles. The zero-order valence-corrected chi connectivity index (χ0v) is 11.3. The summed E-state index contributed by atoms with van der Waals surface area (Å²) >= 11 is 0. The molecule has 0 saturated carbocycles. The van der Waals surface area contributed by atoms with E-state index in [-0.39, 0.29) is 23.9 Å². The summed E-state index contributed by atoms with van der Waals surface area (Å²) in [5.41, 5.74) is 6.83. The molecular weight excluding hydrogens is 244 g/mol. The fourth-order valence-corrected chi connectivity index (χ4v) is 2.16. The molecule has 2 unspecified atom stereocenters. The molecular formula is C14H20N2O3. The van der Waals surface area contributed by atoms with Gasteiger partial charge in [0.2, 0.25) is 5.91 Å². The van der Waals surface area contributed by atoms with Crippen molar-refractivity contribution >= 4 is 5.91 Å². The van der Waals surface area contributed by atoms with Gasteiger partial charge >= 0.3 is 0 Å². The van der Waals surface area contributed by atoms with E-state index in [0.717, 1.165) is 11.3 Å². The monoisotopic (exact) mass is 264 g/mol. The van der Waals surface area contributed by atoms with E-state index >= 15 is 0 Å². The van der Waals surface area contributed by atoms with Crippen LogP contribution in [0.2, 0.25) is 0 Å². The van der Waals surface area contributed by atoms with Crippen molar-refractivity contribution in [2.75, 3.05) is 20.3 Å². The first kappa shape index (κ1) is 13.8. The van der Waals surface area contributed by atoms with Crippen LogP contribution < -0.4 is 15.8 Å². The molecule has 1 fully saturated rings. The summed E-state index contributed by atoms with van der Waals surface area (Å²) in [6.45, 7) is 2.79. The van der Waals surface area contributed by atoms with Gasteiger partial charge in [0.15, 0.2) is 0 Å². The molecule has 0 spiro atoms. The average molecular weight is 264 g/mol. The maximum atomic E-state index is 12.1. The van der Waals surface area contributed by atoms with Crippen molar-refractivity contribution in [3.05, 3.63) is 29.8 Å². The van der Waals surface area contributed by atoms with Crippen LogP contribution in [0.5, 0.6) is 5.75 Å². The minimum Gasteiger partial charge on any atom is -0.497 e. The van der Waals surface area contributed by atoms with Gasteiger partial charge in [0.1, 0.15) is 5.75 Å². The summed E-state index contributed by atoms with van der Waals surface area (Å²) in [5, 5.41) is 2.97. The molecule has 3 N–H and O–H groups in total. The number of benzene rings is 1. The third-order valence-corrected chi connectivity index (χ3v) is 3.41. The van der Waals surface area contributed by atoms with Gasteiger partial charge in [-0.3, -0.25) is 4.79 Å². The molecule has 3 atom stereocenters. The van der Waals surface area contributed by atoms with Crippen LogP contribution in [0.15, 0.2) is 24.3 Å². The highest BCUT2D eigenvalue weighted by atomic mass is 16.5. The number of carbonyl (C=O) groups is 1. The lowest BCUT2D eigenvalue weighted by molar-refractivity contribution is -0.125. The van der Waals surface area contributed by atoms with Crippen molar-refractivity contribution < 1.29 is 14.3 Å². The molecule has 1 heterocycles. The largest absolute Gasteiger partial charge is 0.497 e. The van der Waals surface area contributed by atoms with Crippen molar-refractivity contribution in [3.8, 4) is 5.75 Å². The molecule has 1 aliphatic rings. The van der Waals surface area contributed by atoms with E-state index in [1.807, 2.05) is 31.2 Å². The van der Waals surface area contributed by atoms with Gasteiger partial charge in [-0.05, 0) is 24.6 Å². The van der Waals surface area contributed by atoms with Crippen LogP contribution in [0.3, 0.4) is 0 Å². The molecule has 0 bridgehead atoms. The Hall–Kier alpha value is -1.59. The molecule has 1 aromatic carbocycles. The predicted octanol–water partition coefficient (Wildman–Crippen LogP) is 0.846. The van der Waals surface area contributed by atoms with Crippen LogP contribution in [0, 0.1) is 5.92 Å². The number of amides is 1. The normalized spacial score (nSPS) is 23.9. The van der Waals surface area contributed by atoms with Crippen LogP contribution in [0.4, 0.5) is 0 Å². The highest BCUT2D eigenvalue weighted by molar-refractivity contribution is 5.80. The molecule has 104 valence electrons. The number of ether oxygens (including phenoxy) is 2. The predicted molar refractivity (Wildman–Crippen MR) is 71.8 cm³/mol. The van der Waals surface area contributed by atoms with Gasteiger partial charge in [-0.1, -0.05) is 12.1 Å². The van der Waals surface area contributed by atoms with Crippen molar-refractivity contribution in [1.82, 2.24) is 5.32 Å². The number of nitrogens with two attached hydrogens (primary N) is 1.